The van der Waals surface area contributed by atoms with Gasteiger partial charge >= 0.3 is 0 Å². The van der Waals surface area contributed by atoms with Gasteiger partial charge in [-0.15, -0.1) is 0 Å². The number of anilines is 2. The van der Waals surface area contributed by atoms with Crippen molar-refractivity contribution < 1.29 is 4.79 Å². The fraction of sp³-hybridized carbons (Fsp3) is 0.286. The topological polar surface area (TPSA) is 96.3 Å². The van der Waals surface area contributed by atoms with Crippen molar-refractivity contribution in [2.75, 3.05) is 22.9 Å². The maximum atomic E-state index is 14.0. The number of carbonyl (C=O) groups excluding carboxylic acids is 1. The summed E-state index contributed by atoms with van der Waals surface area (Å²) in [5, 5.41) is 9.92. The predicted molar refractivity (Wildman–Crippen MR) is 188 cm³/mol. The normalized spacial score (nSPS) is 16.5. The molecule has 2 aromatic heterocycles. The van der Waals surface area contributed by atoms with E-state index in [1.165, 1.54) is 19.7 Å². The van der Waals surface area contributed by atoms with Gasteiger partial charge in [0.1, 0.15) is 23.1 Å². The van der Waals surface area contributed by atoms with E-state index < -0.39 is 5.91 Å². The molecule has 234 valence electrons. The number of para-hydroxylation sites is 1. The fourth-order valence-electron chi connectivity index (χ4n) is 6.49. The van der Waals surface area contributed by atoms with Crippen LogP contribution in [0.2, 0.25) is 0 Å². The molecule has 4 aromatic rings. The van der Waals surface area contributed by atoms with Gasteiger partial charge in [-0.25, -0.2) is 4.68 Å². The van der Waals surface area contributed by atoms with Gasteiger partial charge in [0.05, 0.1) is 16.3 Å². The third kappa shape index (κ3) is 5.42. The highest BCUT2D eigenvalue weighted by atomic mass is 32.2. The zero-order chi connectivity index (χ0) is 32.7. The Labute approximate surface area is 277 Å². The van der Waals surface area contributed by atoms with Gasteiger partial charge in [0.2, 0.25) is 0 Å². The number of nitrogens with zero attached hydrogens (tertiary/aromatic N) is 6. The second-order valence-corrected chi connectivity index (χ2v) is 13.4. The molecule has 46 heavy (non-hydrogen) atoms. The van der Waals surface area contributed by atoms with E-state index in [0.29, 0.717) is 39.1 Å². The minimum atomic E-state index is -0.416. The molecule has 4 heterocycles. The SMILES string of the molecule is Cc1c(/C=C2/SC(=S)N(c3c(C)n(C)n(-c4ccccc4)c3=O)C2=O)c(N2CCC(Cc3ccccc3)CC2)n(C)c(=O)c1C#N. The standard InChI is InChI=1S/C35H34N6O3S2/c1-22-27(31(37(3)32(42)28(22)21-36)39-17-15-25(16-18-39)19-24-11-7-5-8-12-24)20-29-33(43)40(35(45)46-29)30-23(2)38(4)41(34(30)44)26-13-9-6-10-14-26/h5-14,20,25H,15-19H2,1-4H3/b29-20+. The monoisotopic (exact) mass is 650 g/mol. The molecule has 2 saturated heterocycles. The number of thiocarbonyl (C=S) groups is 1. The minimum Gasteiger partial charge on any atom is -0.357 e. The van der Waals surface area contributed by atoms with Gasteiger partial charge in [0.25, 0.3) is 17.0 Å². The van der Waals surface area contributed by atoms with Gasteiger partial charge in [-0.3, -0.25) is 28.5 Å². The average molecular weight is 651 g/mol. The zero-order valence-electron chi connectivity index (χ0n) is 26.2. The van der Waals surface area contributed by atoms with E-state index in [1.807, 2.05) is 36.4 Å². The summed E-state index contributed by atoms with van der Waals surface area (Å²) < 4.78 is 5.00. The molecule has 2 aliphatic rings. The molecule has 0 aliphatic carbocycles. The lowest BCUT2D eigenvalue weighted by molar-refractivity contribution is -0.113. The quantitative estimate of drug-likeness (QED) is 0.208. The van der Waals surface area contributed by atoms with Crippen LogP contribution in [0.3, 0.4) is 0 Å². The van der Waals surface area contributed by atoms with Crippen molar-refractivity contribution in [3.63, 3.8) is 0 Å². The van der Waals surface area contributed by atoms with Gasteiger partial charge < -0.3 is 4.90 Å². The first-order valence-electron chi connectivity index (χ1n) is 15.2. The number of pyridine rings is 1. The van der Waals surface area contributed by atoms with E-state index in [0.717, 1.165) is 44.1 Å². The van der Waals surface area contributed by atoms with Crippen molar-refractivity contribution in [1.29, 1.82) is 5.26 Å². The van der Waals surface area contributed by atoms with Gasteiger partial charge in [0.15, 0.2) is 4.32 Å². The van der Waals surface area contributed by atoms with Crippen LogP contribution in [0.15, 0.2) is 75.2 Å². The largest absolute Gasteiger partial charge is 0.357 e. The Morgan fingerprint density at radius 1 is 0.957 bits per heavy atom. The number of nitriles is 1. The highest BCUT2D eigenvalue weighted by Crippen LogP contribution is 2.39. The van der Waals surface area contributed by atoms with Crippen LogP contribution in [0.1, 0.15) is 40.8 Å². The highest BCUT2D eigenvalue weighted by Gasteiger charge is 2.38. The molecule has 0 bridgehead atoms. The molecule has 0 spiro atoms. The molecule has 0 unspecified atom stereocenters. The van der Waals surface area contributed by atoms with Gasteiger partial charge in [0, 0.05) is 32.7 Å². The van der Waals surface area contributed by atoms with Crippen molar-refractivity contribution in [2.24, 2.45) is 20.0 Å². The lowest BCUT2D eigenvalue weighted by Gasteiger charge is -2.36. The first kappa shape index (κ1) is 31.3. The van der Waals surface area contributed by atoms with Gasteiger partial charge in [-0.2, -0.15) is 5.26 Å². The number of thioether (sulfide) groups is 1. The summed E-state index contributed by atoms with van der Waals surface area (Å²) in [7, 11) is 3.45. The Morgan fingerprint density at radius 2 is 1.59 bits per heavy atom. The van der Waals surface area contributed by atoms with Gasteiger partial charge in [-0.1, -0.05) is 72.5 Å². The van der Waals surface area contributed by atoms with Crippen LogP contribution in [-0.2, 0) is 25.3 Å². The smallest absolute Gasteiger partial charge is 0.296 e. The van der Waals surface area contributed by atoms with Crippen LogP contribution in [-0.4, -0.2) is 37.2 Å². The van der Waals surface area contributed by atoms with Crippen molar-refractivity contribution in [3.8, 4) is 11.8 Å². The molecular formula is C35H34N6O3S2. The van der Waals surface area contributed by atoms with Crippen LogP contribution in [0, 0.1) is 31.1 Å². The summed E-state index contributed by atoms with van der Waals surface area (Å²) in [6.45, 7) is 5.01. The van der Waals surface area contributed by atoms with Crippen LogP contribution < -0.4 is 20.9 Å². The van der Waals surface area contributed by atoms with Crippen molar-refractivity contribution >= 4 is 51.8 Å². The molecule has 0 N–H and O–H groups in total. The Morgan fingerprint density at radius 3 is 2.22 bits per heavy atom. The van der Waals surface area contributed by atoms with Crippen molar-refractivity contribution in [1.82, 2.24) is 13.9 Å². The van der Waals surface area contributed by atoms with Crippen LogP contribution in [0.4, 0.5) is 11.5 Å². The number of aromatic nitrogens is 3. The molecule has 2 fully saturated rings. The van der Waals surface area contributed by atoms with Crippen LogP contribution >= 0.6 is 24.0 Å². The molecule has 0 saturated carbocycles. The number of piperidine rings is 1. The summed E-state index contributed by atoms with van der Waals surface area (Å²) in [6.07, 6.45) is 4.63. The zero-order valence-corrected chi connectivity index (χ0v) is 27.8. The number of benzene rings is 2. The first-order valence-corrected chi connectivity index (χ1v) is 16.4. The van der Waals surface area contributed by atoms with E-state index in [2.05, 4.69) is 35.2 Å². The van der Waals surface area contributed by atoms with Crippen LogP contribution in [0.25, 0.3) is 11.8 Å². The lowest BCUT2D eigenvalue weighted by atomic mass is 9.90. The molecule has 11 heteroatoms. The molecule has 9 nitrogen and oxygen atoms in total. The van der Waals surface area contributed by atoms with E-state index in [-0.39, 0.29) is 26.7 Å². The number of hydrogen-bond acceptors (Lipinski definition) is 7. The first-order chi connectivity index (χ1) is 22.1. The second kappa shape index (κ2) is 12.6. The van der Waals surface area contributed by atoms with E-state index in [4.69, 9.17) is 12.2 Å². The highest BCUT2D eigenvalue weighted by molar-refractivity contribution is 8.27. The molecule has 6 rings (SSSR count). The number of amides is 1. The molecule has 2 aliphatic heterocycles. The Bertz CT molecular complexity index is 2050. The second-order valence-electron chi connectivity index (χ2n) is 11.8. The van der Waals surface area contributed by atoms with Crippen LogP contribution in [0.5, 0.6) is 0 Å². The molecular weight excluding hydrogens is 617 g/mol. The summed E-state index contributed by atoms with van der Waals surface area (Å²) in [5.74, 6) is 0.774. The Hall–Kier alpha value is -4.66. The molecule has 1 amide bonds. The summed E-state index contributed by atoms with van der Waals surface area (Å²) in [4.78, 5) is 44.9. The number of hydrogen-bond donors (Lipinski definition) is 0. The van der Waals surface area contributed by atoms with E-state index in [9.17, 15) is 19.6 Å². The van der Waals surface area contributed by atoms with Crippen molar-refractivity contribution in [2.45, 2.75) is 33.1 Å². The summed E-state index contributed by atoms with van der Waals surface area (Å²) in [5.41, 5.74) is 3.24. The maximum absolute atomic E-state index is 14.0. The Balaban J connectivity index is 1.37. The van der Waals surface area contributed by atoms with Crippen molar-refractivity contribution in [3.05, 3.63) is 114 Å². The minimum absolute atomic E-state index is 0.0385. The molecule has 0 radical (unpaired) electrons. The number of rotatable bonds is 6. The lowest BCUT2D eigenvalue weighted by Crippen LogP contribution is -2.39. The molecule has 0 atom stereocenters. The third-order valence-electron chi connectivity index (χ3n) is 9.07. The molecule has 2 aromatic carbocycles. The number of carbonyl (C=O) groups is 1. The third-order valence-corrected chi connectivity index (χ3v) is 10.4. The maximum Gasteiger partial charge on any atom is 0.296 e. The Kier molecular flexibility index (Phi) is 8.59. The summed E-state index contributed by atoms with van der Waals surface area (Å²) >= 11 is 6.80. The summed E-state index contributed by atoms with van der Waals surface area (Å²) in [6, 6.07) is 21.8. The average Bonchev–Trinajstić information content (AvgIpc) is 3.45. The van der Waals surface area contributed by atoms with Gasteiger partial charge in [-0.05, 0) is 68.4 Å². The van der Waals surface area contributed by atoms with E-state index >= 15 is 0 Å². The van der Waals surface area contributed by atoms with E-state index in [1.54, 1.807) is 38.7 Å². The fourth-order valence-corrected chi connectivity index (χ4v) is 7.75. The predicted octanol–water partition coefficient (Wildman–Crippen LogP) is 5.23.